The van der Waals surface area contributed by atoms with Gasteiger partial charge in [0.2, 0.25) is 0 Å². The molecule has 0 aromatic heterocycles. The molecule has 2 aliphatic heterocycles. The van der Waals surface area contributed by atoms with E-state index in [1.165, 1.54) is 44.9 Å². The quantitative estimate of drug-likeness (QED) is 0.800. The Balaban J connectivity index is 1.42. The lowest BCUT2D eigenvalue weighted by Gasteiger charge is -2.36. The molecular formula is C17H31N3OS. The van der Waals surface area contributed by atoms with Gasteiger partial charge in [0.05, 0.1) is 13.2 Å². The number of morpholine rings is 1. The molecule has 126 valence electrons. The summed E-state index contributed by atoms with van der Waals surface area (Å²) in [5.41, 5.74) is 0. The van der Waals surface area contributed by atoms with Crippen LogP contribution >= 0.6 is 12.2 Å². The van der Waals surface area contributed by atoms with E-state index >= 15 is 0 Å². The average Bonchev–Trinajstić information content (AvgIpc) is 3.06. The SMILES string of the molecule is S=C(NCCN1CCOCC1)N1CCC[C@H]1C1CCCCC1. The second-order valence-corrected chi connectivity index (χ2v) is 7.37. The van der Waals surface area contributed by atoms with Crippen LogP contribution in [-0.4, -0.2) is 66.9 Å². The van der Waals surface area contributed by atoms with Crippen molar-refractivity contribution in [1.29, 1.82) is 0 Å². The molecule has 0 spiro atoms. The van der Waals surface area contributed by atoms with Crippen molar-refractivity contribution in [3.63, 3.8) is 0 Å². The first-order valence-electron chi connectivity index (χ1n) is 9.19. The molecule has 1 saturated carbocycles. The number of hydrogen-bond acceptors (Lipinski definition) is 3. The summed E-state index contributed by atoms with van der Waals surface area (Å²) in [6.07, 6.45) is 9.77. The Kier molecular flexibility index (Phi) is 6.33. The molecule has 5 heteroatoms. The Bertz CT molecular complexity index is 354. The number of nitrogens with one attached hydrogen (secondary N) is 1. The van der Waals surface area contributed by atoms with Gasteiger partial charge in [-0.25, -0.2) is 0 Å². The number of thiocarbonyl (C=S) groups is 1. The molecular weight excluding hydrogens is 294 g/mol. The van der Waals surface area contributed by atoms with Crippen LogP contribution in [0, 0.1) is 5.92 Å². The van der Waals surface area contributed by atoms with Crippen LogP contribution in [0.5, 0.6) is 0 Å². The maximum Gasteiger partial charge on any atom is 0.169 e. The summed E-state index contributed by atoms with van der Waals surface area (Å²) in [6.45, 7) is 7.06. The van der Waals surface area contributed by atoms with E-state index in [1.54, 1.807) is 0 Å². The molecule has 1 atom stereocenters. The average molecular weight is 326 g/mol. The normalized spacial score (nSPS) is 28.0. The van der Waals surface area contributed by atoms with Gasteiger partial charge in [0.25, 0.3) is 0 Å². The smallest absolute Gasteiger partial charge is 0.169 e. The first-order valence-corrected chi connectivity index (χ1v) is 9.60. The Morgan fingerprint density at radius 2 is 1.77 bits per heavy atom. The molecule has 0 aromatic rings. The molecule has 1 aliphatic carbocycles. The van der Waals surface area contributed by atoms with Gasteiger partial charge in [0, 0.05) is 38.8 Å². The molecule has 0 aromatic carbocycles. The molecule has 3 aliphatic rings. The minimum absolute atomic E-state index is 0.712. The first kappa shape index (κ1) is 16.5. The Hall–Kier alpha value is -0.390. The van der Waals surface area contributed by atoms with Crippen molar-refractivity contribution in [2.45, 2.75) is 51.0 Å². The summed E-state index contributed by atoms with van der Waals surface area (Å²) in [5, 5.41) is 4.52. The fourth-order valence-electron chi connectivity index (χ4n) is 4.30. The molecule has 1 N–H and O–H groups in total. The van der Waals surface area contributed by atoms with E-state index in [-0.39, 0.29) is 0 Å². The summed E-state index contributed by atoms with van der Waals surface area (Å²) >= 11 is 5.70. The Morgan fingerprint density at radius 3 is 2.55 bits per heavy atom. The van der Waals surface area contributed by atoms with Crippen molar-refractivity contribution in [1.82, 2.24) is 15.1 Å². The van der Waals surface area contributed by atoms with Gasteiger partial charge in [0.1, 0.15) is 0 Å². The molecule has 2 heterocycles. The number of nitrogens with zero attached hydrogens (tertiary/aromatic N) is 2. The Morgan fingerprint density at radius 1 is 1.00 bits per heavy atom. The minimum atomic E-state index is 0.712. The number of likely N-dealkylation sites (tertiary alicyclic amines) is 1. The second-order valence-electron chi connectivity index (χ2n) is 6.99. The largest absolute Gasteiger partial charge is 0.379 e. The lowest BCUT2D eigenvalue weighted by Crippen LogP contribution is -2.48. The summed E-state index contributed by atoms with van der Waals surface area (Å²) in [6, 6.07) is 0.712. The molecule has 0 bridgehead atoms. The second kappa shape index (κ2) is 8.46. The number of hydrogen-bond donors (Lipinski definition) is 1. The summed E-state index contributed by atoms with van der Waals surface area (Å²) < 4.78 is 5.39. The van der Waals surface area contributed by atoms with Gasteiger partial charge >= 0.3 is 0 Å². The summed E-state index contributed by atoms with van der Waals surface area (Å²) in [5.74, 6) is 0.884. The predicted octanol–water partition coefficient (Wildman–Crippen LogP) is 2.24. The van der Waals surface area contributed by atoms with Crippen molar-refractivity contribution in [3.05, 3.63) is 0 Å². The van der Waals surface area contributed by atoms with Gasteiger partial charge < -0.3 is 15.0 Å². The predicted molar refractivity (Wildman–Crippen MR) is 94.2 cm³/mol. The van der Waals surface area contributed by atoms with Crippen LogP contribution in [0.2, 0.25) is 0 Å². The topological polar surface area (TPSA) is 27.7 Å². The fraction of sp³-hybridized carbons (Fsp3) is 0.941. The van der Waals surface area contributed by atoms with Crippen molar-refractivity contribution < 1.29 is 4.74 Å². The number of rotatable bonds is 4. The molecule has 0 amide bonds. The van der Waals surface area contributed by atoms with E-state index in [2.05, 4.69) is 15.1 Å². The molecule has 3 rings (SSSR count). The van der Waals surface area contributed by atoms with E-state index in [4.69, 9.17) is 17.0 Å². The van der Waals surface area contributed by atoms with Crippen molar-refractivity contribution in [3.8, 4) is 0 Å². The minimum Gasteiger partial charge on any atom is -0.379 e. The third kappa shape index (κ3) is 4.33. The van der Waals surface area contributed by atoms with Gasteiger partial charge in [-0.05, 0) is 43.8 Å². The lowest BCUT2D eigenvalue weighted by atomic mass is 9.83. The zero-order valence-electron chi connectivity index (χ0n) is 13.8. The third-order valence-electron chi connectivity index (χ3n) is 5.56. The molecule has 22 heavy (non-hydrogen) atoms. The van der Waals surface area contributed by atoms with Gasteiger partial charge in [-0.15, -0.1) is 0 Å². The van der Waals surface area contributed by atoms with Crippen LogP contribution in [0.4, 0.5) is 0 Å². The molecule has 0 radical (unpaired) electrons. The van der Waals surface area contributed by atoms with E-state index in [0.29, 0.717) is 6.04 Å². The van der Waals surface area contributed by atoms with E-state index in [0.717, 1.165) is 57.0 Å². The van der Waals surface area contributed by atoms with Gasteiger partial charge in [0.15, 0.2) is 5.11 Å². The maximum atomic E-state index is 5.70. The van der Waals surface area contributed by atoms with Crippen LogP contribution in [0.3, 0.4) is 0 Å². The van der Waals surface area contributed by atoms with Crippen molar-refractivity contribution in [2.75, 3.05) is 45.9 Å². The molecule has 0 unspecified atom stereocenters. The lowest BCUT2D eigenvalue weighted by molar-refractivity contribution is 0.0388. The fourth-order valence-corrected chi connectivity index (χ4v) is 4.63. The third-order valence-corrected chi connectivity index (χ3v) is 5.94. The van der Waals surface area contributed by atoms with Crippen LogP contribution in [-0.2, 0) is 4.74 Å². The maximum absolute atomic E-state index is 5.70. The molecule has 4 nitrogen and oxygen atoms in total. The van der Waals surface area contributed by atoms with E-state index < -0.39 is 0 Å². The number of ether oxygens (including phenoxy) is 1. The zero-order chi connectivity index (χ0) is 15.2. The summed E-state index contributed by atoms with van der Waals surface area (Å²) in [7, 11) is 0. The van der Waals surface area contributed by atoms with Crippen molar-refractivity contribution in [2.24, 2.45) is 5.92 Å². The van der Waals surface area contributed by atoms with E-state index in [1.807, 2.05) is 0 Å². The molecule has 3 fully saturated rings. The van der Waals surface area contributed by atoms with E-state index in [9.17, 15) is 0 Å². The van der Waals surface area contributed by atoms with Gasteiger partial charge in [-0.2, -0.15) is 0 Å². The summed E-state index contributed by atoms with van der Waals surface area (Å²) in [4.78, 5) is 4.96. The van der Waals surface area contributed by atoms with Gasteiger partial charge in [-0.3, -0.25) is 4.90 Å². The highest BCUT2D eigenvalue weighted by molar-refractivity contribution is 7.80. The standard InChI is InChI=1S/C17H31N3OS/c22-17(18-8-10-19-11-13-21-14-12-19)20-9-4-7-16(20)15-5-2-1-3-6-15/h15-16H,1-14H2,(H,18,22)/t16-/m0/s1. The van der Waals surface area contributed by atoms with Crippen LogP contribution in [0.15, 0.2) is 0 Å². The van der Waals surface area contributed by atoms with Crippen LogP contribution < -0.4 is 5.32 Å². The first-order chi connectivity index (χ1) is 10.8. The zero-order valence-corrected chi connectivity index (χ0v) is 14.6. The van der Waals surface area contributed by atoms with Crippen LogP contribution in [0.25, 0.3) is 0 Å². The highest BCUT2D eigenvalue weighted by atomic mass is 32.1. The van der Waals surface area contributed by atoms with Crippen LogP contribution in [0.1, 0.15) is 44.9 Å². The van der Waals surface area contributed by atoms with Gasteiger partial charge in [-0.1, -0.05) is 19.3 Å². The highest BCUT2D eigenvalue weighted by Gasteiger charge is 2.33. The highest BCUT2D eigenvalue weighted by Crippen LogP contribution is 2.34. The monoisotopic (exact) mass is 325 g/mol. The van der Waals surface area contributed by atoms with Crippen molar-refractivity contribution >= 4 is 17.3 Å². The molecule has 2 saturated heterocycles. The Labute approximate surface area is 140 Å².